The number of hydrogen-bond donors (Lipinski definition) is 4. The Labute approximate surface area is 232 Å². The van der Waals surface area contributed by atoms with Gasteiger partial charge in [0, 0.05) is 18.2 Å². The lowest BCUT2D eigenvalue weighted by Gasteiger charge is -2.40. The summed E-state index contributed by atoms with van der Waals surface area (Å²) < 4.78 is 0. The van der Waals surface area contributed by atoms with E-state index in [0.29, 0.717) is 24.8 Å². The summed E-state index contributed by atoms with van der Waals surface area (Å²) in [6, 6.07) is 1.15. The van der Waals surface area contributed by atoms with Crippen molar-refractivity contribution in [2.45, 2.75) is 84.0 Å². The van der Waals surface area contributed by atoms with Crippen LogP contribution in [0, 0.1) is 11.3 Å². The SMILES string of the molecule is CCC(=O)Nc1ccc(C(=O)N[C@H](C(=O)N2[C@@H]3CC[C@@H](C3)[C@H]2C(=O)NC(C=O)CC(=O)O)C(C)(C)C)c(Cl)c1. The molecule has 5 atom stereocenters. The summed E-state index contributed by atoms with van der Waals surface area (Å²) in [6.07, 6.45) is 2.12. The summed E-state index contributed by atoms with van der Waals surface area (Å²) in [5.74, 6) is -3.18. The second-order valence-corrected chi connectivity index (χ2v) is 11.5. The van der Waals surface area contributed by atoms with Gasteiger partial charge in [0.05, 0.1) is 23.0 Å². The Morgan fingerprint density at radius 3 is 2.41 bits per heavy atom. The summed E-state index contributed by atoms with van der Waals surface area (Å²) in [6.45, 7) is 7.08. The Kier molecular flexibility index (Phi) is 9.37. The minimum atomic E-state index is -1.23. The van der Waals surface area contributed by atoms with Crippen molar-refractivity contribution in [3.63, 3.8) is 0 Å². The number of nitrogens with one attached hydrogen (secondary N) is 3. The van der Waals surface area contributed by atoms with E-state index in [4.69, 9.17) is 16.7 Å². The van der Waals surface area contributed by atoms with Gasteiger partial charge in [-0.15, -0.1) is 0 Å². The Balaban J connectivity index is 1.83. The van der Waals surface area contributed by atoms with Crippen molar-refractivity contribution in [1.82, 2.24) is 15.5 Å². The molecule has 2 aliphatic rings. The molecule has 4 N–H and O–H groups in total. The number of carbonyl (C=O) groups is 6. The maximum Gasteiger partial charge on any atom is 0.305 e. The van der Waals surface area contributed by atoms with E-state index in [1.807, 2.05) is 0 Å². The summed E-state index contributed by atoms with van der Waals surface area (Å²) >= 11 is 6.34. The normalized spacial score (nSPS) is 21.6. The second kappa shape index (κ2) is 12.1. The van der Waals surface area contributed by atoms with Crippen molar-refractivity contribution < 1.29 is 33.9 Å². The second-order valence-electron chi connectivity index (χ2n) is 11.1. The van der Waals surface area contributed by atoms with Crippen molar-refractivity contribution >= 4 is 53.2 Å². The third kappa shape index (κ3) is 6.95. The number of carbonyl (C=O) groups excluding carboxylic acids is 5. The molecule has 1 aromatic carbocycles. The first-order valence-corrected chi connectivity index (χ1v) is 13.3. The lowest BCUT2D eigenvalue weighted by atomic mass is 9.84. The molecule has 0 spiro atoms. The number of piperidine rings is 1. The number of carboxylic acids is 1. The fourth-order valence-electron chi connectivity index (χ4n) is 5.27. The lowest BCUT2D eigenvalue weighted by Crippen LogP contribution is -2.61. The number of fused-ring (bicyclic) bond motifs is 2. The molecule has 1 heterocycles. The van der Waals surface area contributed by atoms with Gasteiger partial charge in [0.1, 0.15) is 18.4 Å². The molecule has 1 saturated heterocycles. The molecule has 39 heavy (non-hydrogen) atoms. The van der Waals surface area contributed by atoms with Crippen molar-refractivity contribution in [3.05, 3.63) is 28.8 Å². The van der Waals surface area contributed by atoms with Crippen LogP contribution >= 0.6 is 11.6 Å². The van der Waals surface area contributed by atoms with Crippen LogP contribution in [-0.4, -0.2) is 70.1 Å². The zero-order valence-corrected chi connectivity index (χ0v) is 23.2. The fraction of sp³-hybridized carbons (Fsp3) is 0.556. The molecular formula is C27H35ClN4O7. The van der Waals surface area contributed by atoms with Gasteiger partial charge < -0.3 is 30.8 Å². The number of amides is 4. The number of aldehydes is 1. The van der Waals surface area contributed by atoms with Gasteiger partial charge in [-0.25, -0.2) is 0 Å². The van der Waals surface area contributed by atoms with Gasteiger partial charge in [-0.05, 0) is 48.8 Å². The smallest absolute Gasteiger partial charge is 0.305 e. The van der Waals surface area contributed by atoms with Gasteiger partial charge in [-0.1, -0.05) is 39.3 Å². The minimum absolute atomic E-state index is 0.0948. The van der Waals surface area contributed by atoms with Crippen LogP contribution in [0.4, 0.5) is 5.69 Å². The van der Waals surface area contributed by atoms with Crippen LogP contribution in [0.2, 0.25) is 5.02 Å². The zero-order valence-electron chi connectivity index (χ0n) is 22.5. The molecule has 1 unspecified atom stereocenters. The maximum absolute atomic E-state index is 14.0. The molecule has 1 aliphatic carbocycles. The van der Waals surface area contributed by atoms with Crippen LogP contribution in [0.15, 0.2) is 18.2 Å². The molecule has 2 fully saturated rings. The topological polar surface area (TPSA) is 162 Å². The van der Waals surface area contributed by atoms with E-state index < -0.39 is 53.7 Å². The molecule has 0 radical (unpaired) electrons. The third-order valence-electron chi connectivity index (χ3n) is 7.20. The fourth-order valence-corrected chi connectivity index (χ4v) is 5.53. The Morgan fingerprint density at radius 2 is 1.85 bits per heavy atom. The number of nitrogens with zero attached hydrogens (tertiary/aromatic N) is 1. The van der Waals surface area contributed by atoms with E-state index in [0.717, 1.165) is 6.42 Å². The summed E-state index contributed by atoms with van der Waals surface area (Å²) in [5, 5.41) is 17.0. The predicted molar refractivity (Wildman–Crippen MR) is 143 cm³/mol. The van der Waals surface area contributed by atoms with E-state index in [1.165, 1.54) is 17.0 Å². The van der Waals surface area contributed by atoms with Crippen LogP contribution in [-0.2, 0) is 24.0 Å². The first-order valence-electron chi connectivity index (χ1n) is 13.0. The monoisotopic (exact) mass is 562 g/mol. The number of aliphatic carboxylic acids is 1. The molecule has 11 nitrogen and oxygen atoms in total. The first kappa shape index (κ1) is 30.1. The zero-order chi connectivity index (χ0) is 29.1. The third-order valence-corrected chi connectivity index (χ3v) is 7.51. The number of hydrogen-bond acceptors (Lipinski definition) is 6. The van der Waals surface area contributed by atoms with E-state index >= 15 is 0 Å². The van der Waals surface area contributed by atoms with E-state index in [2.05, 4.69) is 16.0 Å². The highest BCUT2D eigenvalue weighted by atomic mass is 35.5. The number of benzene rings is 1. The molecule has 4 amide bonds. The van der Waals surface area contributed by atoms with Crippen molar-refractivity contribution in [2.75, 3.05) is 5.32 Å². The van der Waals surface area contributed by atoms with Gasteiger partial charge in [-0.3, -0.25) is 24.0 Å². The molecule has 2 bridgehead atoms. The van der Waals surface area contributed by atoms with Gasteiger partial charge in [-0.2, -0.15) is 0 Å². The van der Waals surface area contributed by atoms with Crippen molar-refractivity contribution in [2.24, 2.45) is 11.3 Å². The minimum Gasteiger partial charge on any atom is -0.481 e. The Morgan fingerprint density at radius 1 is 1.15 bits per heavy atom. The maximum atomic E-state index is 14.0. The Hall–Kier alpha value is -3.47. The van der Waals surface area contributed by atoms with Crippen molar-refractivity contribution in [1.29, 1.82) is 0 Å². The summed E-state index contributed by atoms with van der Waals surface area (Å²) in [7, 11) is 0. The predicted octanol–water partition coefficient (Wildman–Crippen LogP) is 2.37. The van der Waals surface area contributed by atoms with Crippen LogP contribution < -0.4 is 16.0 Å². The molecule has 1 saturated carbocycles. The van der Waals surface area contributed by atoms with Crippen LogP contribution in [0.1, 0.15) is 70.2 Å². The quantitative estimate of drug-likeness (QED) is 0.318. The van der Waals surface area contributed by atoms with Crippen molar-refractivity contribution in [3.8, 4) is 0 Å². The summed E-state index contributed by atoms with van der Waals surface area (Å²) in [5.41, 5.74) is -0.190. The number of halogens is 1. The number of likely N-dealkylation sites (tertiary alicyclic amines) is 1. The standard InChI is InChI=1S/C27H35ClN4O7/c1-5-20(34)29-15-7-9-18(19(28)11-15)24(37)31-23(27(2,3)4)26(39)32-17-8-6-14(10-17)22(32)25(38)30-16(13-33)12-21(35)36/h7,9,11,13-14,16-17,22-23H,5-6,8,10,12H2,1-4H3,(H,29,34)(H,30,38)(H,31,37)(H,35,36)/t14-,16?,17+,22-,23+/m0/s1. The molecule has 0 aromatic heterocycles. The van der Waals surface area contributed by atoms with E-state index in [-0.39, 0.29) is 34.9 Å². The highest BCUT2D eigenvalue weighted by Gasteiger charge is 2.53. The number of anilines is 1. The van der Waals surface area contributed by atoms with Gasteiger partial charge in [0.25, 0.3) is 5.91 Å². The highest BCUT2D eigenvalue weighted by Crippen LogP contribution is 2.43. The number of carboxylic acid groups (broad SMARTS) is 1. The lowest BCUT2D eigenvalue weighted by molar-refractivity contribution is -0.147. The van der Waals surface area contributed by atoms with Crippen LogP contribution in [0.25, 0.3) is 0 Å². The van der Waals surface area contributed by atoms with Crippen LogP contribution in [0.3, 0.4) is 0 Å². The van der Waals surface area contributed by atoms with Crippen LogP contribution in [0.5, 0.6) is 0 Å². The van der Waals surface area contributed by atoms with Gasteiger partial charge >= 0.3 is 5.97 Å². The molecule has 1 aromatic rings. The highest BCUT2D eigenvalue weighted by molar-refractivity contribution is 6.34. The van der Waals surface area contributed by atoms with Gasteiger partial charge in [0.15, 0.2) is 0 Å². The van der Waals surface area contributed by atoms with E-state index in [1.54, 1.807) is 33.8 Å². The first-order chi connectivity index (χ1) is 18.3. The average molecular weight is 563 g/mol. The molecule has 1 aliphatic heterocycles. The Bertz CT molecular complexity index is 1170. The number of rotatable bonds is 10. The largest absolute Gasteiger partial charge is 0.481 e. The molecule has 12 heteroatoms. The average Bonchev–Trinajstić information content (AvgIpc) is 3.47. The molecule has 212 valence electrons. The molecule has 3 rings (SSSR count). The van der Waals surface area contributed by atoms with E-state index in [9.17, 15) is 28.8 Å². The van der Waals surface area contributed by atoms with Gasteiger partial charge in [0.2, 0.25) is 17.7 Å². The molecular weight excluding hydrogens is 528 g/mol. The summed E-state index contributed by atoms with van der Waals surface area (Å²) in [4.78, 5) is 76.0.